The predicted octanol–water partition coefficient (Wildman–Crippen LogP) is 1.25. The third kappa shape index (κ3) is 2.92. The molecule has 2 fully saturated rings. The van der Waals surface area contributed by atoms with Crippen molar-refractivity contribution in [3.05, 3.63) is 0 Å². The van der Waals surface area contributed by atoms with E-state index in [9.17, 15) is 13.2 Å². The molecule has 0 aromatic heterocycles. The van der Waals surface area contributed by atoms with Gasteiger partial charge < -0.3 is 10.1 Å². The summed E-state index contributed by atoms with van der Waals surface area (Å²) in [4.78, 5) is 1.59. The van der Waals surface area contributed by atoms with Gasteiger partial charge in [0.1, 0.15) is 6.04 Å². The van der Waals surface area contributed by atoms with Crippen LogP contribution in [0.5, 0.6) is 0 Å². The van der Waals surface area contributed by atoms with E-state index in [1.807, 2.05) is 6.92 Å². The molecule has 2 saturated heterocycles. The highest BCUT2D eigenvalue weighted by atomic mass is 19.4. The van der Waals surface area contributed by atoms with Crippen LogP contribution in [0.25, 0.3) is 0 Å². The third-order valence-electron chi connectivity index (χ3n) is 3.66. The summed E-state index contributed by atoms with van der Waals surface area (Å²) in [7, 11) is 0. The maximum Gasteiger partial charge on any atom is 0.404 e. The van der Waals surface area contributed by atoms with Gasteiger partial charge in [-0.3, -0.25) is 4.90 Å². The first-order valence-corrected chi connectivity index (χ1v) is 6.11. The Morgan fingerprint density at radius 2 is 2.18 bits per heavy atom. The first-order valence-electron chi connectivity index (χ1n) is 6.11. The van der Waals surface area contributed by atoms with Crippen molar-refractivity contribution in [2.45, 2.75) is 31.6 Å². The Labute approximate surface area is 99.3 Å². The monoisotopic (exact) mass is 252 g/mol. The van der Waals surface area contributed by atoms with E-state index in [-0.39, 0.29) is 12.6 Å². The number of hydrogen-bond donors (Lipinski definition) is 1. The molecular formula is C11H19F3N2O. The van der Waals surface area contributed by atoms with Crippen molar-refractivity contribution in [1.29, 1.82) is 0 Å². The summed E-state index contributed by atoms with van der Waals surface area (Å²) in [6.07, 6.45) is -3.65. The summed E-state index contributed by atoms with van der Waals surface area (Å²) in [6.45, 7) is 4.26. The minimum Gasteiger partial charge on any atom is -0.381 e. The number of piperazine rings is 1. The van der Waals surface area contributed by atoms with Gasteiger partial charge in [-0.25, -0.2) is 0 Å². The fraction of sp³-hybridized carbons (Fsp3) is 1.00. The zero-order chi connectivity index (χ0) is 12.5. The summed E-state index contributed by atoms with van der Waals surface area (Å²) in [5.41, 5.74) is 0. The van der Waals surface area contributed by atoms with E-state index in [1.165, 1.54) is 0 Å². The van der Waals surface area contributed by atoms with Crippen LogP contribution in [0, 0.1) is 5.92 Å². The molecule has 0 amide bonds. The Morgan fingerprint density at radius 3 is 2.71 bits per heavy atom. The molecule has 2 heterocycles. The molecule has 100 valence electrons. The smallest absolute Gasteiger partial charge is 0.381 e. The maximum absolute atomic E-state index is 13.2. The van der Waals surface area contributed by atoms with E-state index in [4.69, 9.17) is 4.74 Å². The highest BCUT2D eigenvalue weighted by Gasteiger charge is 2.50. The highest BCUT2D eigenvalue weighted by Crippen LogP contribution is 2.35. The Balaban J connectivity index is 2.13. The molecule has 0 aromatic rings. The molecule has 3 unspecified atom stereocenters. The van der Waals surface area contributed by atoms with E-state index in [2.05, 4.69) is 5.32 Å². The van der Waals surface area contributed by atoms with Crippen molar-refractivity contribution >= 4 is 0 Å². The normalized spacial score (nSPS) is 33.9. The molecule has 0 aromatic carbocycles. The van der Waals surface area contributed by atoms with Gasteiger partial charge in [-0.15, -0.1) is 0 Å². The number of nitrogens with zero attached hydrogens (tertiary/aromatic N) is 1. The molecule has 0 radical (unpaired) electrons. The van der Waals surface area contributed by atoms with Crippen molar-refractivity contribution < 1.29 is 17.9 Å². The van der Waals surface area contributed by atoms with E-state index in [0.717, 1.165) is 0 Å². The van der Waals surface area contributed by atoms with Gasteiger partial charge in [-0.2, -0.15) is 13.2 Å². The molecule has 2 rings (SSSR count). The Morgan fingerprint density at radius 1 is 1.41 bits per heavy atom. The maximum atomic E-state index is 13.2. The lowest BCUT2D eigenvalue weighted by Gasteiger charge is -2.42. The average molecular weight is 252 g/mol. The van der Waals surface area contributed by atoms with Crippen LogP contribution in [0.1, 0.15) is 13.3 Å². The Hall–Kier alpha value is -0.330. The van der Waals surface area contributed by atoms with Crippen molar-refractivity contribution in [3.63, 3.8) is 0 Å². The molecule has 3 atom stereocenters. The summed E-state index contributed by atoms with van der Waals surface area (Å²) in [6, 6.07) is -1.42. The minimum atomic E-state index is -4.16. The topological polar surface area (TPSA) is 24.5 Å². The Bertz CT molecular complexity index is 254. The van der Waals surface area contributed by atoms with Gasteiger partial charge in [-0.05, 0) is 13.3 Å². The molecule has 3 nitrogen and oxygen atoms in total. The lowest BCUT2D eigenvalue weighted by Crippen LogP contribution is -2.60. The first kappa shape index (κ1) is 13.1. The van der Waals surface area contributed by atoms with Crippen LogP contribution in [0.15, 0.2) is 0 Å². The summed E-state index contributed by atoms with van der Waals surface area (Å²) in [5, 5.41) is 3.12. The molecule has 0 aliphatic carbocycles. The Kier molecular flexibility index (Phi) is 3.95. The fourth-order valence-electron chi connectivity index (χ4n) is 2.80. The molecular weight excluding hydrogens is 233 g/mol. The lowest BCUT2D eigenvalue weighted by atomic mass is 9.95. The lowest BCUT2D eigenvalue weighted by molar-refractivity contribution is -0.205. The van der Waals surface area contributed by atoms with Crippen LogP contribution in [0.2, 0.25) is 0 Å². The zero-order valence-electron chi connectivity index (χ0n) is 9.96. The summed E-state index contributed by atoms with van der Waals surface area (Å²) in [5.74, 6) is -0.407. The second-order valence-electron chi connectivity index (χ2n) is 4.90. The molecule has 17 heavy (non-hydrogen) atoms. The van der Waals surface area contributed by atoms with Crippen molar-refractivity contribution in [3.8, 4) is 0 Å². The van der Waals surface area contributed by atoms with Crippen LogP contribution in [0.4, 0.5) is 13.2 Å². The van der Waals surface area contributed by atoms with Gasteiger partial charge in [0.2, 0.25) is 0 Å². The largest absolute Gasteiger partial charge is 0.404 e. The number of rotatable bonds is 2. The standard InChI is InChI=1S/C11H19F3N2O/c1-8-6-15-3-4-16(8)10(11(12,13)14)9-2-5-17-7-9/h8-10,15H,2-7H2,1H3. The van der Waals surface area contributed by atoms with Crippen LogP contribution in [-0.4, -0.2) is 56.0 Å². The SMILES string of the molecule is CC1CNCCN1C(C1CCOC1)C(F)(F)F. The van der Waals surface area contributed by atoms with Crippen molar-refractivity contribution in [2.24, 2.45) is 5.92 Å². The van der Waals surface area contributed by atoms with E-state index < -0.39 is 18.1 Å². The molecule has 0 spiro atoms. The zero-order valence-corrected chi connectivity index (χ0v) is 9.96. The van der Waals surface area contributed by atoms with Gasteiger partial charge in [0.05, 0.1) is 6.61 Å². The van der Waals surface area contributed by atoms with Gasteiger partial charge >= 0.3 is 6.18 Å². The molecule has 1 N–H and O–H groups in total. The number of alkyl halides is 3. The number of hydrogen-bond acceptors (Lipinski definition) is 3. The molecule has 6 heteroatoms. The molecule has 2 aliphatic rings. The van der Waals surface area contributed by atoms with Gasteiger partial charge in [-0.1, -0.05) is 0 Å². The summed E-state index contributed by atoms with van der Waals surface area (Å²) < 4.78 is 44.8. The molecule has 0 saturated carbocycles. The van der Waals surface area contributed by atoms with Gasteiger partial charge in [0.15, 0.2) is 0 Å². The molecule has 0 bridgehead atoms. The quantitative estimate of drug-likeness (QED) is 0.800. The van der Waals surface area contributed by atoms with E-state index in [0.29, 0.717) is 32.7 Å². The summed E-state index contributed by atoms with van der Waals surface area (Å²) >= 11 is 0. The van der Waals surface area contributed by atoms with Crippen molar-refractivity contribution in [1.82, 2.24) is 10.2 Å². The van der Waals surface area contributed by atoms with Gasteiger partial charge in [0.25, 0.3) is 0 Å². The van der Waals surface area contributed by atoms with E-state index >= 15 is 0 Å². The second-order valence-corrected chi connectivity index (χ2v) is 4.90. The number of halogens is 3. The fourth-order valence-corrected chi connectivity index (χ4v) is 2.80. The minimum absolute atomic E-state index is 0.0732. The predicted molar refractivity (Wildman–Crippen MR) is 57.8 cm³/mol. The first-order chi connectivity index (χ1) is 8.00. The van der Waals surface area contributed by atoms with Crippen molar-refractivity contribution in [2.75, 3.05) is 32.8 Å². The third-order valence-corrected chi connectivity index (χ3v) is 3.66. The number of nitrogens with one attached hydrogen (secondary N) is 1. The second kappa shape index (κ2) is 5.12. The average Bonchev–Trinajstić information content (AvgIpc) is 2.72. The number of ether oxygens (including phenoxy) is 1. The van der Waals surface area contributed by atoms with Crippen LogP contribution in [0.3, 0.4) is 0 Å². The van der Waals surface area contributed by atoms with Crippen LogP contribution >= 0.6 is 0 Å². The van der Waals surface area contributed by atoms with Crippen LogP contribution < -0.4 is 5.32 Å². The molecule has 2 aliphatic heterocycles. The van der Waals surface area contributed by atoms with E-state index in [1.54, 1.807) is 4.90 Å². The van der Waals surface area contributed by atoms with Crippen LogP contribution in [-0.2, 0) is 4.74 Å². The highest BCUT2D eigenvalue weighted by molar-refractivity contribution is 4.92. The van der Waals surface area contributed by atoms with Gasteiger partial charge in [0, 0.05) is 38.2 Å².